The Kier molecular flexibility index (Phi) is 5.02. The van der Waals surface area contributed by atoms with E-state index >= 15 is 0 Å². The van der Waals surface area contributed by atoms with Crippen LogP contribution in [0.4, 0.5) is 5.69 Å². The third-order valence-corrected chi connectivity index (χ3v) is 4.51. The second-order valence-electron chi connectivity index (χ2n) is 5.34. The van der Waals surface area contributed by atoms with Crippen LogP contribution in [-0.4, -0.2) is 31.7 Å². The Morgan fingerprint density at radius 2 is 2.09 bits per heavy atom. The summed E-state index contributed by atoms with van der Waals surface area (Å²) in [6.07, 6.45) is 0.861. The fraction of sp³-hybridized carbons (Fsp3) is 0.353. The van der Waals surface area contributed by atoms with Crippen LogP contribution in [-0.2, 0) is 11.2 Å². The number of nitrogens with one attached hydrogen (secondary N) is 2. The van der Waals surface area contributed by atoms with Crippen LogP contribution in [0.25, 0.3) is 0 Å². The zero-order chi connectivity index (χ0) is 16.1. The van der Waals surface area contributed by atoms with E-state index < -0.39 is 0 Å². The lowest BCUT2D eigenvalue weighted by atomic mass is 10.2. The second kappa shape index (κ2) is 7.37. The van der Waals surface area contributed by atoms with Gasteiger partial charge in [-0.3, -0.25) is 4.79 Å². The van der Waals surface area contributed by atoms with Crippen LogP contribution < -0.4 is 20.1 Å². The summed E-state index contributed by atoms with van der Waals surface area (Å²) in [5, 5.41) is 8.19. The summed E-state index contributed by atoms with van der Waals surface area (Å²) in [5.41, 5.74) is 0.843. The maximum absolute atomic E-state index is 12.1. The maximum atomic E-state index is 12.1. The molecule has 0 spiro atoms. The molecule has 23 heavy (non-hydrogen) atoms. The lowest BCUT2D eigenvalue weighted by Gasteiger charge is -2.20. The first-order valence-corrected chi connectivity index (χ1v) is 8.56. The third-order valence-electron chi connectivity index (χ3n) is 3.57. The molecule has 2 N–H and O–H groups in total. The van der Waals surface area contributed by atoms with Gasteiger partial charge in [0.25, 0.3) is 0 Å². The molecule has 0 saturated carbocycles. The van der Waals surface area contributed by atoms with Crippen molar-refractivity contribution in [2.24, 2.45) is 0 Å². The number of rotatable bonds is 6. The fourth-order valence-corrected chi connectivity index (χ4v) is 3.07. The van der Waals surface area contributed by atoms with Crippen molar-refractivity contribution < 1.29 is 14.3 Å². The quantitative estimate of drug-likeness (QED) is 0.854. The molecule has 0 aliphatic carbocycles. The van der Waals surface area contributed by atoms with E-state index in [4.69, 9.17) is 9.47 Å². The van der Waals surface area contributed by atoms with E-state index in [1.807, 2.05) is 36.6 Å². The van der Waals surface area contributed by atoms with Gasteiger partial charge >= 0.3 is 0 Å². The normalized spacial score (nSPS) is 14.1. The van der Waals surface area contributed by atoms with Crippen molar-refractivity contribution in [1.82, 2.24) is 5.32 Å². The third kappa shape index (κ3) is 4.16. The molecule has 1 aromatic heterocycles. The molecule has 0 unspecified atom stereocenters. The SMILES string of the molecule is C[C@H](Nc1ccc2c(c1)OCCO2)C(=O)NCCc1cccs1. The van der Waals surface area contributed by atoms with Crippen LogP contribution in [0.5, 0.6) is 11.5 Å². The number of thiophene rings is 1. The molecule has 0 saturated heterocycles. The van der Waals surface area contributed by atoms with Gasteiger partial charge in [-0.25, -0.2) is 0 Å². The van der Waals surface area contributed by atoms with Gasteiger partial charge in [0, 0.05) is 23.2 Å². The molecule has 6 heteroatoms. The predicted octanol–water partition coefficient (Wildman–Crippen LogP) is 2.68. The molecule has 1 aliphatic rings. The molecule has 1 aromatic carbocycles. The van der Waals surface area contributed by atoms with Gasteiger partial charge < -0.3 is 20.1 Å². The molecule has 0 radical (unpaired) electrons. The molecule has 3 rings (SSSR count). The highest BCUT2D eigenvalue weighted by molar-refractivity contribution is 7.09. The van der Waals surface area contributed by atoms with E-state index in [9.17, 15) is 4.79 Å². The average Bonchev–Trinajstić information content (AvgIpc) is 3.08. The molecule has 1 aliphatic heterocycles. The largest absolute Gasteiger partial charge is 0.486 e. The van der Waals surface area contributed by atoms with Crippen molar-refractivity contribution in [3.63, 3.8) is 0 Å². The highest BCUT2D eigenvalue weighted by Gasteiger charge is 2.15. The summed E-state index contributed by atoms with van der Waals surface area (Å²) in [6.45, 7) is 3.61. The molecule has 1 amide bonds. The standard InChI is InChI=1S/C17H20N2O3S/c1-12(17(20)18-7-6-14-3-2-10-23-14)19-13-4-5-15-16(11-13)22-9-8-21-15/h2-5,10-12,19H,6-9H2,1H3,(H,18,20)/t12-/m0/s1. The van der Waals surface area contributed by atoms with Gasteiger partial charge in [-0.1, -0.05) is 6.07 Å². The van der Waals surface area contributed by atoms with Crippen LogP contribution in [0.2, 0.25) is 0 Å². The van der Waals surface area contributed by atoms with Crippen molar-refractivity contribution in [2.75, 3.05) is 25.1 Å². The molecule has 0 bridgehead atoms. The average molecular weight is 332 g/mol. The number of fused-ring (bicyclic) bond motifs is 1. The van der Waals surface area contributed by atoms with Gasteiger partial charge in [0.2, 0.25) is 5.91 Å². The number of benzene rings is 1. The van der Waals surface area contributed by atoms with Crippen molar-refractivity contribution in [1.29, 1.82) is 0 Å². The molecule has 1 atom stereocenters. The van der Waals surface area contributed by atoms with E-state index in [2.05, 4.69) is 16.7 Å². The number of hydrogen-bond acceptors (Lipinski definition) is 5. The zero-order valence-corrected chi connectivity index (χ0v) is 13.8. The summed E-state index contributed by atoms with van der Waals surface area (Å²) in [7, 11) is 0. The number of ether oxygens (including phenoxy) is 2. The molecule has 5 nitrogen and oxygen atoms in total. The molecular weight excluding hydrogens is 312 g/mol. The fourth-order valence-electron chi connectivity index (χ4n) is 2.37. The van der Waals surface area contributed by atoms with Crippen LogP contribution in [0.3, 0.4) is 0 Å². The smallest absolute Gasteiger partial charge is 0.242 e. The summed E-state index contributed by atoms with van der Waals surface area (Å²) < 4.78 is 11.0. The van der Waals surface area contributed by atoms with E-state index in [-0.39, 0.29) is 11.9 Å². The highest BCUT2D eigenvalue weighted by atomic mass is 32.1. The maximum Gasteiger partial charge on any atom is 0.242 e. The van der Waals surface area contributed by atoms with Crippen LogP contribution in [0.1, 0.15) is 11.8 Å². The van der Waals surface area contributed by atoms with Gasteiger partial charge in [0.15, 0.2) is 11.5 Å². The molecule has 0 fully saturated rings. The summed E-state index contributed by atoms with van der Waals surface area (Å²) in [4.78, 5) is 13.4. The van der Waals surface area contributed by atoms with Crippen LogP contribution in [0.15, 0.2) is 35.7 Å². The minimum Gasteiger partial charge on any atom is -0.486 e. The lowest BCUT2D eigenvalue weighted by Crippen LogP contribution is -2.38. The number of amides is 1. The lowest BCUT2D eigenvalue weighted by molar-refractivity contribution is -0.121. The predicted molar refractivity (Wildman–Crippen MR) is 91.5 cm³/mol. The molecule has 122 valence electrons. The van der Waals surface area contributed by atoms with Gasteiger partial charge in [-0.2, -0.15) is 0 Å². The Labute approximate surface area is 139 Å². The molecular formula is C17H20N2O3S. The monoisotopic (exact) mass is 332 g/mol. The number of hydrogen-bond donors (Lipinski definition) is 2. The van der Waals surface area contributed by atoms with Gasteiger partial charge in [-0.05, 0) is 36.9 Å². The van der Waals surface area contributed by atoms with Crippen molar-refractivity contribution in [3.05, 3.63) is 40.6 Å². The van der Waals surface area contributed by atoms with Crippen LogP contribution >= 0.6 is 11.3 Å². The Hall–Kier alpha value is -2.21. The first-order valence-electron chi connectivity index (χ1n) is 7.68. The Bertz CT molecular complexity index is 658. The van der Waals surface area contributed by atoms with Gasteiger partial charge in [0.05, 0.1) is 0 Å². The van der Waals surface area contributed by atoms with Crippen molar-refractivity contribution in [2.45, 2.75) is 19.4 Å². The van der Waals surface area contributed by atoms with E-state index in [1.54, 1.807) is 11.3 Å². The van der Waals surface area contributed by atoms with E-state index in [1.165, 1.54) is 4.88 Å². The van der Waals surface area contributed by atoms with Crippen LogP contribution in [0, 0.1) is 0 Å². The second-order valence-corrected chi connectivity index (χ2v) is 6.38. The number of anilines is 1. The Morgan fingerprint density at radius 3 is 2.87 bits per heavy atom. The zero-order valence-electron chi connectivity index (χ0n) is 13.0. The Balaban J connectivity index is 1.49. The minimum absolute atomic E-state index is 0.0172. The Morgan fingerprint density at radius 1 is 1.26 bits per heavy atom. The number of carbonyl (C=O) groups excluding carboxylic acids is 1. The van der Waals surface area contributed by atoms with Crippen molar-refractivity contribution >= 4 is 22.9 Å². The first-order chi connectivity index (χ1) is 11.2. The van der Waals surface area contributed by atoms with Crippen molar-refractivity contribution in [3.8, 4) is 11.5 Å². The number of carbonyl (C=O) groups is 1. The summed E-state index contributed by atoms with van der Waals surface area (Å²) >= 11 is 1.71. The summed E-state index contributed by atoms with van der Waals surface area (Å²) in [6, 6.07) is 9.40. The summed E-state index contributed by atoms with van der Waals surface area (Å²) in [5.74, 6) is 1.44. The van der Waals surface area contributed by atoms with E-state index in [0.717, 1.165) is 17.9 Å². The molecule has 2 aromatic rings. The topological polar surface area (TPSA) is 59.6 Å². The highest BCUT2D eigenvalue weighted by Crippen LogP contribution is 2.32. The van der Waals surface area contributed by atoms with Gasteiger partial charge in [0.1, 0.15) is 19.3 Å². The first kappa shape index (κ1) is 15.7. The van der Waals surface area contributed by atoms with E-state index in [0.29, 0.717) is 25.5 Å². The molecule has 2 heterocycles. The minimum atomic E-state index is -0.319. The van der Waals surface area contributed by atoms with Gasteiger partial charge in [-0.15, -0.1) is 11.3 Å².